The number of halogens is 3. The molecule has 1 N–H and O–H groups in total. The molecule has 0 bridgehead atoms. The lowest BCUT2D eigenvalue weighted by atomic mass is 9.52. The van der Waals surface area contributed by atoms with Crippen molar-refractivity contribution in [2.24, 2.45) is 17.3 Å². The van der Waals surface area contributed by atoms with E-state index in [0.717, 1.165) is 38.5 Å². The molecule has 2 aliphatic heterocycles. The molecular formula is C23H29F3O4. The Kier molecular flexibility index (Phi) is 3.90. The summed E-state index contributed by atoms with van der Waals surface area (Å²) >= 11 is 0. The topological polar surface area (TPSA) is 51.2 Å². The Morgan fingerprint density at radius 2 is 1.87 bits per heavy atom. The van der Waals surface area contributed by atoms with E-state index in [-0.39, 0.29) is 23.0 Å². The van der Waals surface area contributed by atoms with E-state index in [4.69, 9.17) is 14.2 Å². The molecule has 0 aromatic heterocycles. The van der Waals surface area contributed by atoms with Gasteiger partial charge in [0.1, 0.15) is 11.2 Å². The normalized spacial score (nSPS) is 50.2. The molecule has 2 saturated heterocycles. The largest absolute Gasteiger partial charge is 0.389 e. The third-order valence-electron chi connectivity index (χ3n) is 9.65. The maximum absolute atomic E-state index is 13.8. The fraction of sp³-hybridized carbons (Fsp3) is 0.826. The molecule has 5 fully saturated rings. The lowest BCUT2D eigenvalue weighted by Gasteiger charge is -2.52. The Bertz CT molecular complexity index is 847. The minimum atomic E-state index is -2.32. The third-order valence-corrected chi connectivity index (χ3v) is 9.65. The van der Waals surface area contributed by atoms with Crippen LogP contribution >= 0.6 is 0 Å². The molecule has 2 heterocycles. The highest BCUT2D eigenvalue weighted by Gasteiger charge is 2.79. The Morgan fingerprint density at radius 3 is 2.60 bits per heavy atom. The van der Waals surface area contributed by atoms with Gasteiger partial charge in [-0.2, -0.15) is 8.78 Å². The van der Waals surface area contributed by atoms with E-state index in [1.54, 1.807) is 0 Å². The summed E-state index contributed by atoms with van der Waals surface area (Å²) in [7, 11) is 0. The van der Waals surface area contributed by atoms with Crippen molar-refractivity contribution >= 4 is 0 Å². The number of allylic oxidation sites excluding steroid dienone is 1. The van der Waals surface area contributed by atoms with Crippen molar-refractivity contribution in [2.45, 2.75) is 87.3 Å². The van der Waals surface area contributed by atoms with Crippen molar-refractivity contribution in [1.82, 2.24) is 0 Å². The fourth-order valence-corrected chi connectivity index (χ4v) is 8.05. The number of hydrogen-bond donors (Lipinski definition) is 1. The van der Waals surface area contributed by atoms with Crippen LogP contribution in [0.15, 0.2) is 23.6 Å². The monoisotopic (exact) mass is 426 g/mol. The van der Waals surface area contributed by atoms with Crippen LogP contribution in [-0.4, -0.2) is 40.9 Å². The van der Waals surface area contributed by atoms with Crippen LogP contribution in [0.1, 0.15) is 64.7 Å². The van der Waals surface area contributed by atoms with Crippen LogP contribution < -0.4 is 0 Å². The van der Waals surface area contributed by atoms with Crippen LogP contribution in [0.5, 0.6) is 0 Å². The van der Waals surface area contributed by atoms with Gasteiger partial charge in [-0.3, -0.25) is 0 Å². The summed E-state index contributed by atoms with van der Waals surface area (Å²) in [5.74, 6) is -1.56. The second-order valence-electron chi connectivity index (χ2n) is 10.7. The molecule has 4 nitrogen and oxygen atoms in total. The van der Waals surface area contributed by atoms with Gasteiger partial charge in [0.05, 0.1) is 18.8 Å². The predicted molar refractivity (Wildman–Crippen MR) is 101 cm³/mol. The minimum absolute atomic E-state index is 0.157. The summed E-state index contributed by atoms with van der Waals surface area (Å²) in [5.41, 5.74) is -1.18. The summed E-state index contributed by atoms with van der Waals surface area (Å²) in [6.07, 6.45) is 5.25. The standard InChI is InChI=1S/C23H29F3O4/c1-19-5-3-16-14(15(19)4-6-20(19,27)12-17(24)18(25)26)2-7-21-13-22(28-10-11-29-22)8-9-23(16,21)30-21/h3,14-15,27H,2,4-13H2,1H3/t14-,15-,19-,20+,21+,23+/m0/s1. The van der Waals surface area contributed by atoms with E-state index in [2.05, 4.69) is 6.08 Å². The lowest BCUT2D eigenvalue weighted by Crippen LogP contribution is -2.54. The molecule has 0 radical (unpaired) electrons. The number of ether oxygens (including phenoxy) is 3. The molecule has 6 atom stereocenters. The van der Waals surface area contributed by atoms with Gasteiger partial charge in [0, 0.05) is 24.7 Å². The van der Waals surface area contributed by atoms with Gasteiger partial charge in [-0.15, -0.1) is 0 Å². The van der Waals surface area contributed by atoms with E-state index in [1.165, 1.54) is 5.57 Å². The van der Waals surface area contributed by atoms with Crippen LogP contribution in [0, 0.1) is 17.3 Å². The molecule has 3 saturated carbocycles. The molecule has 0 aromatic carbocycles. The lowest BCUT2D eigenvalue weighted by molar-refractivity contribution is -0.185. The van der Waals surface area contributed by atoms with Gasteiger partial charge >= 0.3 is 6.08 Å². The van der Waals surface area contributed by atoms with Crippen molar-refractivity contribution in [3.05, 3.63) is 23.6 Å². The van der Waals surface area contributed by atoms with Crippen molar-refractivity contribution in [3.8, 4) is 0 Å². The Balaban J connectivity index is 1.31. The second-order valence-corrected chi connectivity index (χ2v) is 10.7. The van der Waals surface area contributed by atoms with E-state index < -0.39 is 35.1 Å². The van der Waals surface area contributed by atoms with Gasteiger partial charge in [-0.1, -0.05) is 13.0 Å². The van der Waals surface area contributed by atoms with Gasteiger partial charge < -0.3 is 19.3 Å². The highest BCUT2D eigenvalue weighted by atomic mass is 19.3. The molecular weight excluding hydrogens is 397 g/mol. The van der Waals surface area contributed by atoms with Crippen molar-refractivity contribution in [2.75, 3.05) is 13.2 Å². The van der Waals surface area contributed by atoms with E-state index >= 15 is 0 Å². The maximum Gasteiger partial charge on any atom is 0.301 e. The Morgan fingerprint density at radius 1 is 1.10 bits per heavy atom. The molecule has 7 heteroatoms. The predicted octanol–water partition coefficient (Wildman–Crippen LogP) is 4.78. The fourth-order valence-electron chi connectivity index (χ4n) is 8.05. The highest BCUT2D eigenvalue weighted by molar-refractivity contribution is 5.43. The van der Waals surface area contributed by atoms with Crippen LogP contribution in [0.2, 0.25) is 0 Å². The van der Waals surface area contributed by atoms with Gasteiger partial charge in [-0.25, -0.2) is 4.39 Å². The highest BCUT2D eigenvalue weighted by Crippen LogP contribution is 2.74. The van der Waals surface area contributed by atoms with Crippen LogP contribution in [-0.2, 0) is 14.2 Å². The number of aliphatic hydroxyl groups is 1. The Hall–Kier alpha value is -0.890. The first-order valence-corrected chi connectivity index (χ1v) is 11.3. The molecule has 0 amide bonds. The molecule has 0 aromatic rings. The van der Waals surface area contributed by atoms with E-state index in [0.29, 0.717) is 26.1 Å². The van der Waals surface area contributed by atoms with Gasteiger partial charge in [0.2, 0.25) is 0 Å². The molecule has 6 rings (SSSR count). The van der Waals surface area contributed by atoms with Crippen molar-refractivity contribution in [1.29, 1.82) is 0 Å². The average molecular weight is 426 g/mol. The number of hydrogen-bond acceptors (Lipinski definition) is 4. The summed E-state index contributed by atoms with van der Waals surface area (Å²) in [6.45, 7) is 3.24. The number of epoxide rings is 1. The molecule has 166 valence electrons. The van der Waals surface area contributed by atoms with Gasteiger partial charge in [0.25, 0.3) is 0 Å². The van der Waals surface area contributed by atoms with E-state index in [9.17, 15) is 18.3 Å². The average Bonchev–Trinajstić information content (AvgIpc) is 3.05. The van der Waals surface area contributed by atoms with Gasteiger partial charge in [-0.05, 0) is 55.9 Å². The molecule has 6 aliphatic rings. The minimum Gasteiger partial charge on any atom is -0.389 e. The Labute approximate surface area is 174 Å². The third kappa shape index (κ3) is 2.28. The molecule has 1 spiro atoms. The maximum atomic E-state index is 13.8. The van der Waals surface area contributed by atoms with E-state index in [1.807, 2.05) is 6.92 Å². The smallest absolute Gasteiger partial charge is 0.301 e. The second kappa shape index (κ2) is 5.91. The van der Waals surface area contributed by atoms with Crippen LogP contribution in [0.25, 0.3) is 0 Å². The first-order chi connectivity index (χ1) is 14.2. The van der Waals surface area contributed by atoms with Crippen LogP contribution in [0.4, 0.5) is 13.2 Å². The quantitative estimate of drug-likeness (QED) is 0.510. The summed E-state index contributed by atoms with van der Waals surface area (Å²) in [6, 6.07) is 0. The zero-order valence-electron chi connectivity index (χ0n) is 17.3. The zero-order chi connectivity index (χ0) is 21.0. The summed E-state index contributed by atoms with van der Waals surface area (Å²) < 4.78 is 57.9. The summed E-state index contributed by atoms with van der Waals surface area (Å²) in [4.78, 5) is 0. The zero-order valence-corrected chi connectivity index (χ0v) is 17.3. The SMILES string of the molecule is C[C@]12CC=C3[C@@H](CC[C@@]45CC6(CC[C@@]34O5)OCCO6)[C@@H]1CC[C@@]2(O)CC(F)=C(F)F. The van der Waals surface area contributed by atoms with Gasteiger partial charge in [0.15, 0.2) is 11.6 Å². The molecule has 4 aliphatic carbocycles. The summed E-state index contributed by atoms with van der Waals surface area (Å²) in [5, 5.41) is 11.3. The number of rotatable bonds is 2. The van der Waals surface area contributed by atoms with Crippen LogP contribution in [0.3, 0.4) is 0 Å². The number of fused-ring (bicyclic) bond motifs is 3. The molecule has 0 unspecified atom stereocenters. The molecule has 30 heavy (non-hydrogen) atoms. The van der Waals surface area contributed by atoms with Crippen molar-refractivity contribution in [3.63, 3.8) is 0 Å². The first-order valence-electron chi connectivity index (χ1n) is 11.3. The first kappa shape index (κ1) is 19.8. The van der Waals surface area contributed by atoms with Crippen molar-refractivity contribution < 1.29 is 32.5 Å².